The lowest BCUT2D eigenvalue weighted by Gasteiger charge is -2.40. The predicted molar refractivity (Wildman–Crippen MR) is 147 cm³/mol. The maximum atomic E-state index is 13.4. The van der Waals surface area contributed by atoms with E-state index < -0.39 is 0 Å². The van der Waals surface area contributed by atoms with Crippen LogP contribution in [0.15, 0.2) is 23.0 Å². The molecule has 5 nitrogen and oxygen atoms in total. The minimum absolute atomic E-state index is 0.120. The van der Waals surface area contributed by atoms with Gasteiger partial charge in [0.1, 0.15) is 0 Å². The molecule has 0 bridgehead atoms. The Labute approximate surface area is 211 Å². The van der Waals surface area contributed by atoms with Crippen LogP contribution in [0.1, 0.15) is 105 Å². The van der Waals surface area contributed by atoms with Crippen molar-refractivity contribution >= 4 is 11.6 Å². The summed E-state index contributed by atoms with van der Waals surface area (Å²) in [4.78, 5) is 31.2. The van der Waals surface area contributed by atoms with Crippen molar-refractivity contribution in [2.45, 2.75) is 99.6 Å². The molecule has 0 atom stereocenters. The fraction of sp³-hybridized carbons (Fsp3) is 0.600. The van der Waals surface area contributed by atoms with E-state index in [-0.39, 0.29) is 18.0 Å². The van der Waals surface area contributed by atoms with Gasteiger partial charge in [-0.15, -0.1) is 0 Å². The highest BCUT2D eigenvalue weighted by Crippen LogP contribution is 2.37. The van der Waals surface area contributed by atoms with E-state index in [9.17, 15) is 9.59 Å². The molecule has 192 valence electrons. The first-order valence-electron chi connectivity index (χ1n) is 13.4. The van der Waals surface area contributed by atoms with E-state index in [2.05, 4.69) is 62.8 Å². The third-order valence-electron chi connectivity index (χ3n) is 8.01. The van der Waals surface area contributed by atoms with Crippen LogP contribution in [0.2, 0.25) is 0 Å². The molecule has 1 aromatic heterocycles. The Hall–Kier alpha value is -2.56. The molecule has 1 aliphatic carbocycles. The van der Waals surface area contributed by atoms with E-state index in [0.29, 0.717) is 23.1 Å². The standard InChI is InChI=1S/C30H45N3O2/c1-9-33(25-12-10-23(11-13-25)18(2)3)28-16-24(19(4)5)15-26(22(28)8)29(34)31-17-27-20(6)14-21(7)32-30(27)35/h14-16,18-19,23,25H,9-13,17H2,1-8H3,(H,31,34)(H,32,35)/t23-,25-. The molecule has 3 rings (SSSR count). The maximum Gasteiger partial charge on any atom is 0.253 e. The number of nitrogens with one attached hydrogen (secondary N) is 2. The number of benzene rings is 1. The monoisotopic (exact) mass is 479 g/mol. The second kappa shape index (κ2) is 11.5. The van der Waals surface area contributed by atoms with Gasteiger partial charge in [-0.3, -0.25) is 9.59 Å². The first-order valence-corrected chi connectivity index (χ1v) is 13.4. The minimum atomic E-state index is -0.134. The maximum absolute atomic E-state index is 13.4. The molecule has 2 aromatic rings. The first-order chi connectivity index (χ1) is 16.5. The molecule has 1 heterocycles. The summed E-state index contributed by atoms with van der Waals surface area (Å²) in [5.41, 5.74) is 6.29. The van der Waals surface area contributed by atoms with E-state index in [1.54, 1.807) is 0 Å². The molecule has 1 saturated carbocycles. The third-order valence-corrected chi connectivity index (χ3v) is 8.01. The van der Waals surface area contributed by atoms with Gasteiger partial charge >= 0.3 is 0 Å². The molecule has 35 heavy (non-hydrogen) atoms. The van der Waals surface area contributed by atoms with Gasteiger partial charge in [0, 0.05) is 41.6 Å². The number of H-pyrrole nitrogens is 1. The third kappa shape index (κ3) is 6.17. The Morgan fingerprint density at radius 1 is 1.06 bits per heavy atom. The molecule has 2 N–H and O–H groups in total. The Morgan fingerprint density at radius 2 is 1.71 bits per heavy atom. The van der Waals surface area contributed by atoms with Crippen LogP contribution >= 0.6 is 0 Å². The van der Waals surface area contributed by atoms with E-state index in [1.165, 1.54) is 36.9 Å². The Kier molecular flexibility index (Phi) is 8.84. The Balaban J connectivity index is 1.89. The lowest BCUT2D eigenvalue weighted by molar-refractivity contribution is 0.0950. The van der Waals surface area contributed by atoms with Crippen LogP contribution in [0.5, 0.6) is 0 Å². The molecule has 1 aliphatic rings. The first kappa shape index (κ1) is 27.0. The van der Waals surface area contributed by atoms with E-state index in [1.807, 2.05) is 26.0 Å². The molecule has 0 aliphatic heterocycles. The number of aromatic nitrogens is 1. The second-order valence-electron chi connectivity index (χ2n) is 11.1. The minimum Gasteiger partial charge on any atom is -0.369 e. The van der Waals surface area contributed by atoms with Crippen LogP contribution in [0.3, 0.4) is 0 Å². The summed E-state index contributed by atoms with van der Waals surface area (Å²) >= 11 is 0. The van der Waals surface area contributed by atoms with Crippen LogP contribution in [0.25, 0.3) is 0 Å². The zero-order valence-corrected chi connectivity index (χ0v) is 23.0. The summed E-state index contributed by atoms with van der Waals surface area (Å²) in [5, 5.41) is 3.03. The van der Waals surface area contributed by atoms with Crippen LogP contribution in [0.4, 0.5) is 5.69 Å². The average Bonchev–Trinajstić information content (AvgIpc) is 2.79. The van der Waals surface area contributed by atoms with E-state index in [4.69, 9.17) is 0 Å². The number of hydrogen-bond acceptors (Lipinski definition) is 3. The van der Waals surface area contributed by atoms with Crippen LogP contribution < -0.4 is 15.8 Å². The molecule has 0 spiro atoms. The van der Waals surface area contributed by atoms with Gasteiger partial charge in [0.15, 0.2) is 0 Å². The van der Waals surface area contributed by atoms with Gasteiger partial charge in [0.25, 0.3) is 11.5 Å². The highest BCUT2D eigenvalue weighted by molar-refractivity contribution is 5.97. The number of amides is 1. The molecule has 0 saturated heterocycles. The van der Waals surface area contributed by atoms with Crippen molar-refractivity contribution in [2.24, 2.45) is 11.8 Å². The van der Waals surface area contributed by atoms with Crippen LogP contribution in [-0.4, -0.2) is 23.5 Å². The highest BCUT2D eigenvalue weighted by Gasteiger charge is 2.29. The van der Waals surface area contributed by atoms with E-state index >= 15 is 0 Å². The Morgan fingerprint density at radius 3 is 2.26 bits per heavy atom. The topological polar surface area (TPSA) is 65.2 Å². The summed E-state index contributed by atoms with van der Waals surface area (Å²) < 4.78 is 0. The fourth-order valence-corrected chi connectivity index (χ4v) is 5.66. The highest BCUT2D eigenvalue weighted by atomic mass is 16.1. The molecule has 1 aromatic carbocycles. The molecular weight excluding hydrogens is 434 g/mol. The molecule has 1 amide bonds. The smallest absolute Gasteiger partial charge is 0.253 e. The second-order valence-corrected chi connectivity index (χ2v) is 11.1. The zero-order valence-electron chi connectivity index (χ0n) is 23.0. The van der Waals surface area contributed by atoms with Crippen LogP contribution in [0, 0.1) is 32.6 Å². The van der Waals surface area contributed by atoms with Gasteiger partial charge in [0.2, 0.25) is 0 Å². The number of pyridine rings is 1. The summed E-state index contributed by atoms with van der Waals surface area (Å²) in [7, 11) is 0. The van der Waals surface area contributed by atoms with Crippen molar-refractivity contribution in [1.29, 1.82) is 0 Å². The molecular formula is C30H45N3O2. The van der Waals surface area contributed by atoms with Crippen molar-refractivity contribution in [3.63, 3.8) is 0 Å². The predicted octanol–water partition coefficient (Wildman–Crippen LogP) is 6.39. The molecule has 0 unspecified atom stereocenters. The van der Waals surface area contributed by atoms with Gasteiger partial charge in [-0.25, -0.2) is 0 Å². The van der Waals surface area contributed by atoms with Crippen molar-refractivity contribution in [1.82, 2.24) is 10.3 Å². The number of hydrogen-bond donors (Lipinski definition) is 2. The number of carbonyl (C=O) groups excluding carboxylic acids is 1. The number of aromatic amines is 1. The van der Waals surface area contributed by atoms with Gasteiger partial charge in [0.05, 0.1) is 0 Å². The molecule has 5 heteroatoms. The van der Waals surface area contributed by atoms with E-state index in [0.717, 1.165) is 35.2 Å². The normalized spacial score (nSPS) is 18.2. The fourth-order valence-electron chi connectivity index (χ4n) is 5.66. The van der Waals surface area contributed by atoms with Crippen LogP contribution in [-0.2, 0) is 6.54 Å². The summed E-state index contributed by atoms with van der Waals surface area (Å²) in [6, 6.07) is 6.79. The van der Waals surface area contributed by atoms with Crippen molar-refractivity contribution < 1.29 is 4.79 Å². The summed E-state index contributed by atoms with van der Waals surface area (Å²) in [6.45, 7) is 18.3. The average molecular weight is 480 g/mol. The number of carbonyl (C=O) groups is 1. The summed E-state index contributed by atoms with van der Waals surface area (Å²) in [5.74, 6) is 1.77. The molecule has 0 radical (unpaired) electrons. The SMILES string of the molecule is CCN(c1cc(C(C)C)cc(C(=O)NCc2c(C)cc(C)[nH]c2=O)c1C)[C@H]1CC[C@H](C(C)C)CC1. The number of aryl methyl sites for hydroxylation is 2. The summed E-state index contributed by atoms with van der Waals surface area (Å²) in [6.07, 6.45) is 4.97. The Bertz CT molecular complexity index is 1090. The lowest BCUT2D eigenvalue weighted by atomic mass is 9.79. The van der Waals surface area contributed by atoms with Crippen molar-refractivity contribution in [2.75, 3.05) is 11.4 Å². The quantitative estimate of drug-likeness (QED) is 0.461. The number of anilines is 1. The van der Waals surface area contributed by atoms with Gasteiger partial charge in [-0.2, -0.15) is 0 Å². The molecule has 1 fully saturated rings. The van der Waals surface area contributed by atoms with Crippen molar-refractivity contribution in [3.05, 3.63) is 62.1 Å². The number of rotatable bonds is 8. The van der Waals surface area contributed by atoms with Crippen molar-refractivity contribution in [3.8, 4) is 0 Å². The van der Waals surface area contributed by atoms with Gasteiger partial charge in [-0.05, 0) is 106 Å². The van der Waals surface area contributed by atoms with Gasteiger partial charge < -0.3 is 15.2 Å². The van der Waals surface area contributed by atoms with Gasteiger partial charge in [-0.1, -0.05) is 27.7 Å². The zero-order chi connectivity index (χ0) is 25.9. The number of nitrogens with zero attached hydrogens (tertiary/aromatic N) is 1. The lowest BCUT2D eigenvalue weighted by Crippen LogP contribution is -2.39. The largest absolute Gasteiger partial charge is 0.369 e.